The van der Waals surface area contributed by atoms with Crippen molar-refractivity contribution in [3.05, 3.63) is 60.4 Å². The molecule has 0 bridgehead atoms. The van der Waals surface area contributed by atoms with Gasteiger partial charge in [-0.05, 0) is 12.5 Å². The second kappa shape index (κ2) is 8.81. The Morgan fingerprint density at radius 3 is 2.79 bits per heavy atom. The molecule has 3 heterocycles. The van der Waals surface area contributed by atoms with E-state index in [2.05, 4.69) is 25.9 Å². The van der Waals surface area contributed by atoms with Crippen LogP contribution in [0, 0.1) is 0 Å². The monoisotopic (exact) mass is 458 g/mol. The summed E-state index contributed by atoms with van der Waals surface area (Å²) in [6.45, 7) is -0.225. The fraction of sp³-hybridized carbons (Fsp3) is 0.208. The third-order valence-corrected chi connectivity index (χ3v) is 5.76. The first-order chi connectivity index (χ1) is 16.5. The fourth-order valence-corrected chi connectivity index (χ4v) is 4.19. The van der Waals surface area contributed by atoms with Crippen molar-refractivity contribution in [1.82, 2.24) is 25.3 Å². The molecule has 1 saturated heterocycles. The molecule has 1 unspecified atom stereocenters. The van der Waals surface area contributed by atoms with Gasteiger partial charge in [0.1, 0.15) is 11.3 Å². The number of aromatic nitrogens is 4. The number of benzene rings is 2. The number of aromatic amines is 1. The van der Waals surface area contributed by atoms with Crippen LogP contribution in [0.4, 0.5) is 5.69 Å². The molecule has 1 aliphatic rings. The Hall–Kier alpha value is -4.47. The number of ether oxygens (including phenoxy) is 1. The largest absolute Gasteiger partial charge is 0.481 e. The number of H-pyrrole nitrogens is 1. The highest BCUT2D eigenvalue weighted by Gasteiger charge is 2.32. The number of aryl methyl sites for hydroxylation is 1. The van der Waals surface area contributed by atoms with Gasteiger partial charge in [-0.1, -0.05) is 42.5 Å². The molecule has 172 valence electrons. The average Bonchev–Trinajstić information content (AvgIpc) is 3.43. The maximum atomic E-state index is 12.6. The van der Waals surface area contributed by atoms with E-state index < -0.39 is 5.92 Å². The van der Waals surface area contributed by atoms with Crippen LogP contribution in [0.1, 0.15) is 24.5 Å². The van der Waals surface area contributed by atoms with Crippen molar-refractivity contribution in [3.63, 3.8) is 0 Å². The van der Waals surface area contributed by atoms with Crippen LogP contribution in [-0.4, -0.2) is 44.3 Å². The van der Waals surface area contributed by atoms with Crippen molar-refractivity contribution in [2.24, 2.45) is 7.05 Å². The molecule has 0 radical (unpaired) electrons. The lowest BCUT2D eigenvalue weighted by Crippen LogP contribution is -2.39. The summed E-state index contributed by atoms with van der Waals surface area (Å²) in [7, 11) is 1.75. The van der Waals surface area contributed by atoms with Crippen molar-refractivity contribution in [3.8, 4) is 17.0 Å². The molecule has 2 aromatic heterocycles. The number of carbonyl (C=O) groups is 3. The van der Waals surface area contributed by atoms with Crippen LogP contribution in [0.3, 0.4) is 0 Å². The zero-order valence-corrected chi connectivity index (χ0v) is 18.4. The summed E-state index contributed by atoms with van der Waals surface area (Å²) in [6, 6.07) is 15.0. The molecule has 0 spiro atoms. The molecule has 4 aromatic rings. The second-order valence-corrected chi connectivity index (χ2v) is 8.03. The van der Waals surface area contributed by atoms with Crippen LogP contribution < -0.4 is 15.4 Å². The number of piperidine rings is 1. The molecule has 34 heavy (non-hydrogen) atoms. The standard InChI is InChI=1S/C24H22N6O4/c1-30-23-15(22(29-30)16-10-11-19(31)27-24(16)33)8-5-9-18(23)34-13-20(32)26-17-12-25-28-21(17)14-6-3-2-4-7-14/h2-9,12,16H,10-11,13H2,1H3,(H,25,28)(H,26,32)(H,27,31,33). The summed E-state index contributed by atoms with van der Waals surface area (Å²) in [5.74, 6) is -1.02. The number of carbonyl (C=O) groups excluding carboxylic acids is 3. The van der Waals surface area contributed by atoms with Gasteiger partial charge in [-0.2, -0.15) is 10.2 Å². The fourth-order valence-electron chi connectivity index (χ4n) is 4.19. The molecule has 0 aliphatic carbocycles. The molecular formula is C24H22N6O4. The number of para-hydroxylation sites is 1. The van der Waals surface area contributed by atoms with Gasteiger partial charge in [-0.25, -0.2) is 0 Å². The maximum absolute atomic E-state index is 12.6. The summed E-state index contributed by atoms with van der Waals surface area (Å²) in [5.41, 5.74) is 3.42. The molecule has 10 nitrogen and oxygen atoms in total. The Labute approximate surface area is 194 Å². The van der Waals surface area contributed by atoms with E-state index in [1.807, 2.05) is 36.4 Å². The van der Waals surface area contributed by atoms with Crippen LogP contribution >= 0.6 is 0 Å². The molecule has 1 atom stereocenters. The SMILES string of the molecule is Cn1nc(C2CCC(=O)NC2=O)c2cccc(OCC(=O)Nc3cn[nH]c3-c3ccccc3)c21. The van der Waals surface area contributed by atoms with E-state index in [1.165, 1.54) is 0 Å². The highest BCUT2D eigenvalue weighted by atomic mass is 16.5. The van der Waals surface area contributed by atoms with Crippen molar-refractivity contribution in [2.75, 3.05) is 11.9 Å². The number of nitrogens with one attached hydrogen (secondary N) is 3. The van der Waals surface area contributed by atoms with Gasteiger partial charge in [0.05, 0.1) is 29.2 Å². The van der Waals surface area contributed by atoms with Crippen LogP contribution in [0.25, 0.3) is 22.2 Å². The Bertz CT molecular complexity index is 1390. The predicted molar refractivity (Wildman–Crippen MR) is 124 cm³/mol. The van der Waals surface area contributed by atoms with E-state index in [0.717, 1.165) is 10.9 Å². The molecule has 3 N–H and O–H groups in total. The zero-order valence-electron chi connectivity index (χ0n) is 18.4. The first-order valence-electron chi connectivity index (χ1n) is 10.8. The number of imide groups is 1. The summed E-state index contributed by atoms with van der Waals surface area (Å²) >= 11 is 0. The Morgan fingerprint density at radius 1 is 1.18 bits per heavy atom. The van der Waals surface area contributed by atoms with Gasteiger partial charge in [-0.3, -0.25) is 29.5 Å². The predicted octanol–water partition coefficient (Wildman–Crippen LogP) is 2.50. The summed E-state index contributed by atoms with van der Waals surface area (Å²) in [4.78, 5) is 36.5. The van der Waals surface area contributed by atoms with E-state index in [-0.39, 0.29) is 30.7 Å². The highest BCUT2D eigenvalue weighted by Crippen LogP contribution is 2.34. The van der Waals surface area contributed by atoms with Gasteiger partial charge in [0, 0.05) is 24.4 Å². The van der Waals surface area contributed by atoms with Gasteiger partial charge in [0.25, 0.3) is 5.91 Å². The van der Waals surface area contributed by atoms with E-state index in [9.17, 15) is 14.4 Å². The number of anilines is 1. The van der Waals surface area contributed by atoms with E-state index >= 15 is 0 Å². The van der Waals surface area contributed by atoms with Crippen LogP contribution in [0.5, 0.6) is 5.75 Å². The molecule has 5 rings (SSSR count). The number of nitrogens with zero attached hydrogens (tertiary/aromatic N) is 3. The number of rotatable bonds is 6. The number of amides is 3. The van der Waals surface area contributed by atoms with Gasteiger partial charge in [0.2, 0.25) is 11.8 Å². The topological polar surface area (TPSA) is 131 Å². The molecule has 3 amide bonds. The van der Waals surface area contributed by atoms with Gasteiger partial charge in [-0.15, -0.1) is 0 Å². The third-order valence-electron chi connectivity index (χ3n) is 5.76. The molecule has 10 heteroatoms. The second-order valence-electron chi connectivity index (χ2n) is 8.03. The van der Waals surface area contributed by atoms with Crippen LogP contribution in [-0.2, 0) is 21.4 Å². The molecule has 1 aliphatic heterocycles. The van der Waals surface area contributed by atoms with Gasteiger partial charge < -0.3 is 10.1 Å². The van der Waals surface area contributed by atoms with E-state index in [0.29, 0.717) is 34.8 Å². The van der Waals surface area contributed by atoms with Crippen molar-refractivity contribution in [1.29, 1.82) is 0 Å². The minimum absolute atomic E-state index is 0.225. The number of fused-ring (bicyclic) bond motifs is 1. The van der Waals surface area contributed by atoms with Crippen molar-refractivity contribution >= 4 is 34.3 Å². The number of hydrogen-bond donors (Lipinski definition) is 3. The van der Waals surface area contributed by atoms with Gasteiger partial charge >= 0.3 is 0 Å². The van der Waals surface area contributed by atoms with Crippen LogP contribution in [0.15, 0.2) is 54.7 Å². The Morgan fingerprint density at radius 2 is 2.00 bits per heavy atom. The lowest BCUT2D eigenvalue weighted by Gasteiger charge is -2.19. The Balaban J connectivity index is 1.33. The summed E-state index contributed by atoms with van der Waals surface area (Å²) in [5, 5.41) is 17.4. The van der Waals surface area contributed by atoms with Crippen molar-refractivity contribution in [2.45, 2.75) is 18.8 Å². The summed E-state index contributed by atoms with van der Waals surface area (Å²) in [6.07, 6.45) is 2.22. The lowest BCUT2D eigenvalue weighted by atomic mass is 9.93. The number of hydrogen-bond acceptors (Lipinski definition) is 6. The van der Waals surface area contributed by atoms with E-state index in [4.69, 9.17) is 4.74 Å². The summed E-state index contributed by atoms with van der Waals surface area (Å²) < 4.78 is 7.47. The Kier molecular flexibility index (Phi) is 5.54. The minimum atomic E-state index is -0.516. The molecular weight excluding hydrogens is 436 g/mol. The minimum Gasteiger partial charge on any atom is -0.481 e. The quantitative estimate of drug-likeness (QED) is 0.381. The lowest BCUT2D eigenvalue weighted by molar-refractivity contribution is -0.134. The molecule has 1 fully saturated rings. The first kappa shape index (κ1) is 21.4. The molecule has 2 aromatic carbocycles. The van der Waals surface area contributed by atoms with E-state index in [1.54, 1.807) is 30.1 Å². The first-order valence-corrected chi connectivity index (χ1v) is 10.8. The van der Waals surface area contributed by atoms with Crippen LogP contribution in [0.2, 0.25) is 0 Å². The van der Waals surface area contributed by atoms with Crippen molar-refractivity contribution < 1.29 is 19.1 Å². The van der Waals surface area contributed by atoms with Gasteiger partial charge in [0.15, 0.2) is 6.61 Å². The zero-order chi connectivity index (χ0) is 23.7. The average molecular weight is 458 g/mol. The molecule has 0 saturated carbocycles. The third kappa shape index (κ3) is 4.01. The normalized spacial score (nSPS) is 15.9. The highest BCUT2D eigenvalue weighted by molar-refractivity contribution is 6.03. The maximum Gasteiger partial charge on any atom is 0.262 e. The smallest absolute Gasteiger partial charge is 0.262 e.